The van der Waals surface area contributed by atoms with Gasteiger partial charge in [-0.2, -0.15) is 0 Å². The first-order valence-corrected chi connectivity index (χ1v) is 9.34. The minimum absolute atomic E-state index is 0.168. The number of carbonyl (C=O) groups is 1. The van der Waals surface area contributed by atoms with Gasteiger partial charge < -0.3 is 10.2 Å². The van der Waals surface area contributed by atoms with Crippen molar-refractivity contribution in [3.8, 4) is 0 Å². The summed E-state index contributed by atoms with van der Waals surface area (Å²) < 4.78 is 13.6. The van der Waals surface area contributed by atoms with E-state index in [1.807, 2.05) is 6.07 Å². The summed E-state index contributed by atoms with van der Waals surface area (Å²) in [6, 6.07) is 8.04. The number of rotatable bonds is 5. The van der Waals surface area contributed by atoms with Crippen LogP contribution in [0.1, 0.15) is 19.8 Å². The number of hydrogen-bond donors (Lipinski definition) is 1. The lowest BCUT2D eigenvalue weighted by molar-refractivity contribution is -0.113. The Morgan fingerprint density at radius 1 is 1.32 bits per heavy atom. The third-order valence-corrected chi connectivity index (χ3v) is 5.16. The van der Waals surface area contributed by atoms with Crippen molar-refractivity contribution in [3.63, 3.8) is 0 Å². The largest absolute Gasteiger partial charge is 0.356 e. The number of amides is 1. The molecule has 132 valence electrons. The van der Waals surface area contributed by atoms with Gasteiger partial charge in [0.2, 0.25) is 5.91 Å². The van der Waals surface area contributed by atoms with Crippen LogP contribution < -0.4 is 10.2 Å². The molecule has 0 saturated carbocycles. The average Bonchev–Trinajstić information content (AvgIpc) is 2.63. The zero-order valence-electron chi connectivity index (χ0n) is 14.1. The Morgan fingerprint density at radius 3 is 2.84 bits per heavy atom. The van der Waals surface area contributed by atoms with Gasteiger partial charge in [0.15, 0.2) is 0 Å². The van der Waals surface area contributed by atoms with Crippen LogP contribution in [0.5, 0.6) is 0 Å². The van der Waals surface area contributed by atoms with Crippen molar-refractivity contribution in [3.05, 3.63) is 42.5 Å². The Bertz CT molecular complexity index is 735. The molecule has 0 bridgehead atoms. The maximum atomic E-state index is 13.6. The van der Waals surface area contributed by atoms with Gasteiger partial charge in [-0.3, -0.25) is 4.79 Å². The highest BCUT2D eigenvalue weighted by Crippen LogP contribution is 2.24. The summed E-state index contributed by atoms with van der Waals surface area (Å²) in [5, 5.41) is 3.32. The van der Waals surface area contributed by atoms with Gasteiger partial charge >= 0.3 is 0 Å². The molecular formula is C18H21FN4OS. The summed E-state index contributed by atoms with van der Waals surface area (Å²) in [6.07, 6.45) is 3.86. The third-order valence-electron chi connectivity index (χ3n) is 4.23. The number of halogens is 1. The number of para-hydroxylation sites is 1. The van der Waals surface area contributed by atoms with Gasteiger partial charge in [0.05, 0.1) is 11.4 Å². The summed E-state index contributed by atoms with van der Waals surface area (Å²) in [5.41, 5.74) is 0.193. The Kier molecular flexibility index (Phi) is 5.86. The molecule has 25 heavy (non-hydrogen) atoms. The zero-order valence-corrected chi connectivity index (χ0v) is 14.9. The van der Waals surface area contributed by atoms with E-state index in [1.54, 1.807) is 12.1 Å². The number of anilines is 2. The molecule has 1 fully saturated rings. The maximum Gasteiger partial charge on any atom is 0.234 e. The van der Waals surface area contributed by atoms with Crippen LogP contribution in [0.4, 0.5) is 15.9 Å². The van der Waals surface area contributed by atoms with Crippen LogP contribution >= 0.6 is 11.8 Å². The Balaban J connectivity index is 1.55. The van der Waals surface area contributed by atoms with E-state index in [1.165, 1.54) is 30.2 Å². The highest BCUT2D eigenvalue weighted by Gasteiger charge is 2.17. The molecule has 1 aromatic heterocycles. The minimum atomic E-state index is -0.440. The second kappa shape index (κ2) is 8.29. The van der Waals surface area contributed by atoms with Crippen LogP contribution in [-0.2, 0) is 4.79 Å². The topological polar surface area (TPSA) is 58.1 Å². The fourth-order valence-corrected chi connectivity index (χ4v) is 3.37. The second-order valence-corrected chi connectivity index (χ2v) is 7.20. The quantitative estimate of drug-likeness (QED) is 0.652. The van der Waals surface area contributed by atoms with Crippen molar-refractivity contribution in [2.24, 2.45) is 5.92 Å². The molecule has 0 radical (unpaired) electrons. The standard InChI is InChI=1S/C18H21FN4OS/c1-13-6-8-23(9-7-13)16-10-18(21-12-20-16)25-11-17(24)22-15-5-3-2-4-14(15)19/h2-5,10,12-13H,6-9,11H2,1H3,(H,22,24). The molecule has 1 aliphatic heterocycles. The number of nitrogens with one attached hydrogen (secondary N) is 1. The first-order valence-electron chi connectivity index (χ1n) is 8.36. The van der Waals surface area contributed by atoms with E-state index in [9.17, 15) is 9.18 Å². The van der Waals surface area contributed by atoms with Crippen LogP contribution in [0.15, 0.2) is 41.7 Å². The molecule has 1 amide bonds. The Morgan fingerprint density at radius 2 is 2.08 bits per heavy atom. The summed E-state index contributed by atoms with van der Waals surface area (Å²) in [6.45, 7) is 4.26. The van der Waals surface area contributed by atoms with Crippen LogP contribution in [0.25, 0.3) is 0 Å². The molecule has 0 aliphatic carbocycles. The first kappa shape index (κ1) is 17.7. The van der Waals surface area contributed by atoms with Crippen molar-refractivity contribution in [1.29, 1.82) is 0 Å². The van der Waals surface area contributed by atoms with Crippen molar-refractivity contribution in [2.75, 3.05) is 29.1 Å². The normalized spacial score (nSPS) is 15.2. The average molecular weight is 360 g/mol. The number of aromatic nitrogens is 2. The molecule has 5 nitrogen and oxygen atoms in total. The van der Waals surface area contributed by atoms with Crippen molar-refractivity contribution < 1.29 is 9.18 Å². The molecule has 1 aliphatic rings. The SMILES string of the molecule is CC1CCN(c2cc(SCC(=O)Nc3ccccc3F)ncn2)CC1. The molecule has 1 N–H and O–H groups in total. The summed E-state index contributed by atoms with van der Waals surface area (Å²) in [7, 11) is 0. The summed E-state index contributed by atoms with van der Waals surface area (Å²) in [4.78, 5) is 22.8. The Labute approximate surface area is 151 Å². The number of nitrogens with zero attached hydrogens (tertiary/aromatic N) is 3. The molecule has 0 unspecified atom stereocenters. The molecule has 2 heterocycles. The van der Waals surface area contributed by atoms with Crippen LogP contribution in [0.2, 0.25) is 0 Å². The second-order valence-electron chi connectivity index (χ2n) is 6.20. The zero-order chi connectivity index (χ0) is 17.6. The van der Waals surface area contributed by atoms with Gasteiger partial charge in [0, 0.05) is 19.2 Å². The lowest BCUT2D eigenvalue weighted by Gasteiger charge is -2.31. The fraction of sp³-hybridized carbons (Fsp3) is 0.389. The van der Waals surface area contributed by atoms with Crippen molar-refractivity contribution >= 4 is 29.2 Å². The molecular weight excluding hydrogens is 339 g/mol. The van der Waals surface area contributed by atoms with E-state index in [2.05, 4.69) is 27.1 Å². The first-order chi connectivity index (χ1) is 12.1. The number of hydrogen-bond acceptors (Lipinski definition) is 5. The predicted molar refractivity (Wildman–Crippen MR) is 98.4 cm³/mol. The molecule has 0 spiro atoms. The maximum absolute atomic E-state index is 13.6. The number of carbonyl (C=O) groups excluding carboxylic acids is 1. The highest BCUT2D eigenvalue weighted by molar-refractivity contribution is 7.99. The monoisotopic (exact) mass is 360 g/mol. The van der Waals surface area contributed by atoms with Crippen LogP contribution in [0, 0.1) is 11.7 Å². The smallest absolute Gasteiger partial charge is 0.234 e. The van der Waals surface area contributed by atoms with E-state index in [-0.39, 0.29) is 17.3 Å². The number of benzene rings is 1. The van der Waals surface area contributed by atoms with E-state index < -0.39 is 5.82 Å². The predicted octanol–water partition coefficient (Wildman–Crippen LogP) is 3.58. The van der Waals surface area contributed by atoms with Crippen molar-refractivity contribution in [2.45, 2.75) is 24.8 Å². The molecule has 2 aromatic rings. The molecule has 3 rings (SSSR count). The number of piperidine rings is 1. The number of thioether (sulfide) groups is 1. The Hall–Kier alpha value is -2.15. The molecule has 7 heteroatoms. The van der Waals surface area contributed by atoms with Gasteiger partial charge in [-0.25, -0.2) is 14.4 Å². The van der Waals surface area contributed by atoms with Gasteiger partial charge in [0.25, 0.3) is 0 Å². The van der Waals surface area contributed by atoms with E-state index in [0.717, 1.165) is 42.7 Å². The van der Waals surface area contributed by atoms with Gasteiger partial charge in [0.1, 0.15) is 23.0 Å². The molecule has 0 atom stereocenters. The lowest BCUT2D eigenvalue weighted by Crippen LogP contribution is -2.33. The summed E-state index contributed by atoms with van der Waals surface area (Å²) >= 11 is 1.32. The van der Waals surface area contributed by atoms with E-state index >= 15 is 0 Å². The van der Waals surface area contributed by atoms with Gasteiger partial charge in [-0.05, 0) is 30.9 Å². The van der Waals surface area contributed by atoms with Crippen LogP contribution in [0.3, 0.4) is 0 Å². The van der Waals surface area contributed by atoms with E-state index in [4.69, 9.17) is 0 Å². The van der Waals surface area contributed by atoms with Crippen LogP contribution in [-0.4, -0.2) is 34.7 Å². The highest BCUT2D eigenvalue weighted by atomic mass is 32.2. The van der Waals surface area contributed by atoms with E-state index in [0.29, 0.717) is 0 Å². The van der Waals surface area contributed by atoms with Gasteiger partial charge in [-0.15, -0.1) is 0 Å². The minimum Gasteiger partial charge on any atom is -0.356 e. The third kappa shape index (κ3) is 4.92. The summed E-state index contributed by atoms with van der Waals surface area (Å²) in [5.74, 6) is 1.13. The molecule has 1 saturated heterocycles. The lowest BCUT2D eigenvalue weighted by atomic mass is 9.99. The van der Waals surface area contributed by atoms with Gasteiger partial charge in [-0.1, -0.05) is 30.8 Å². The molecule has 1 aromatic carbocycles. The van der Waals surface area contributed by atoms with Crippen molar-refractivity contribution in [1.82, 2.24) is 9.97 Å². The fourth-order valence-electron chi connectivity index (χ4n) is 2.71.